The van der Waals surface area contributed by atoms with E-state index in [1.54, 1.807) is 11.8 Å². The number of aliphatic imine (C=N–C) groups is 1. The van der Waals surface area contributed by atoms with Gasteiger partial charge in [-0.15, -0.1) is 0 Å². The molecule has 0 aromatic carbocycles. The maximum atomic E-state index is 11.2. The van der Waals surface area contributed by atoms with Crippen LogP contribution in [0.4, 0.5) is 0 Å². The smallest absolute Gasteiger partial charge is 0.209 e. The van der Waals surface area contributed by atoms with Crippen LogP contribution in [0.3, 0.4) is 0 Å². The van der Waals surface area contributed by atoms with E-state index in [-0.39, 0.29) is 5.41 Å². The quantitative estimate of drug-likeness (QED) is 0.812. The highest BCUT2D eigenvalue weighted by atomic mass is 32.2. The number of sulfonamides is 1. The molecule has 0 aromatic heterocycles. The molecule has 0 atom stereocenters. The lowest BCUT2D eigenvalue weighted by Gasteiger charge is -2.30. The van der Waals surface area contributed by atoms with E-state index >= 15 is 0 Å². The van der Waals surface area contributed by atoms with Gasteiger partial charge in [-0.2, -0.15) is 0 Å². The van der Waals surface area contributed by atoms with Gasteiger partial charge in [-0.1, -0.05) is 25.6 Å². The molecule has 18 heavy (non-hydrogen) atoms. The lowest BCUT2D eigenvalue weighted by molar-refractivity contribution is 0.431. The van der Waals surface area contributed by atoms with E-state index in [0.29, 0.717) is 6.54 Å². The molecule has 1 aliphatic heterocycles. The largest absolute Gasteiger partial charge is 0.363 e. The third-order valence-electron chi connectivity index (χ3n) is 2.39. The van der Waals surface area contributed by atoms with Crippen LogP contribution in [0.2, 0.25) is 0 Å². The fourth-order valence-electron chi connectivity index (χ4n) is 1.58. The fraction of sp³-hybridized carbons (Fsp3) is 0.909. The van der Waals surface area contributed by atoms with Gasteiger partial charge in [-0.3, -0.25) is 4.99 Å². The number of hydrogen-bond donors (Lipinski definition) is 2. The topological polar surface area (TPSA) is 70.6 Å². The molecule has 1 rings (SSSR count). The Morgan fingerprint density at radius 3 is 2.50 bits per heavy atom. The summed E-state index contributed by atoms with van der Waals surface area (Å²) in [6, 6.07) is 0. The summed E-state index contributed by atoms with van der Waals surface area (Å²) in [7, 11) is -3.19. The molecule has 0 aliphatic carbocycles. The van der Waals surface area contributed by atoms with E-state index in [2.05, 4.69) is 28.9 Å². The van der Waals surface area contributed by atoms with Gasteiger partial charge < -0.3 is 5.32 Å². The number of nitrogens with zero attached hydrogens (tertiary/aromatic N) is 1. The second-order valence-corrected chi connectivity index (χ2v) is 8.90. The van der Waals surface area contributed by atoms with Crippen molar-refractivity contribution in [2.75, 3.05) is 25.1 Å². The molecule has 5 nitrogen and oxygen atoms in total. The highest BCUT2D eigenvalue weighted by molar-refractivity contribution is 8.13. The van der Waals surface area contributed by atoms with E-state index in [1.165, 1.54) is 6.26 Å². The first-order chi connectivity index (χ1) is 7.99. The average molecular weight is 293 g/mol. The molecule has 0 unspecified atom stereocenters. The summed E-state index contributed by atoms with van der Waals surface area (Å²) in [5.41, 5.74) is -0.278. The van der Waals surface area contributed by atoms with Crippen LogP contribution in [-0.2, 0) is 10.0 Å². The highest BCUT2D eigenvalue weighted by Gasteiger charge is 2.26. The molecule has 0 saturated carbocycles. The second-order valence-electron chi connectivity index (χ2n) is 6.19. The van der Waals surface area contributed by atoms with Crippen molar-refractivity contribution in [3.8, 4) is 0 Å². The standard InChI is InChI=1S/C11H23N3O2S2/c1-10(2)6-12-9(17-8-10)13-7-11(3,4)14-18(5,15)16/h14H,6-8H2,1-5H3,(H,12,13). The first kappa shape index (κ1) is 15.8. The monoisotopic (exact) mass is 293 g/mol. The average Bonchev–Trinajstić information content (AvgIpc) is 2.12. The molecular formula is C11H23N3O2S2. The minimum absolute atomic E-state index is 0.246. The number of nitrogens with one attached hydrogen (secondary N) is 2. The molecule has 2 N–H and O–H groups in total. The van der Waals surface area contributed by atoms with Gasteiger partial charge in [0.15, 0.2) is 5.17 Å². The van der Waals surface area contributed by atoms with Crippen LogP contribution >= 0.6 is 11.8 Å². The maximum Gasteiger partial charge on any atom is 0.209 e. The Balaban J connectivity index is 2.49. The first-order valence-electron chi connectivity index (χ1n) is 5.89. The van der Waals surface area contributed by atoms with Gasteiger partial charge in [0.25, 0.3) is 0 Å². The Bertz CT molecular complexity index is 428. The van der Waals surface area contributed by atoms with E-state index in [4.69, 9.17) is 0 Å². The summed E-state index contributed by atoms with van der Waals surface area (Å²) < 4.78 is 25.0. The van der Waals surface area contributed by atoms with Gasteiger partial charge in [-0.05, 0) is 19.3 Å². The van der Waals surface area contributed by atoms with Crippen molar-refractivity contribution in [1.82, 2.24) is 10.0 Å². The molecule has 1 aliphatic rings. The summed E-state index contributed by atoms with van der Waals surface area (Å²) in [6.07, 6.45) is 1.17. The van der Waals surface area contributed by atoms with Crippen molar-refractivity contribution >= 4 is 27.0 Å². The zero-order chi connectivity index (χ0) is 14.0. The van der Waals surface area contributed by atoms with Crippen LogP contribution in [0, 0.1) is 5.41 Å². The van der Waals surface area contributed by atoms with Crippen LogP contribution in [0.25, 0.3) is 0 Å². The van der Waals surface area contributed by atoms with Gasteiger partial charge in [0.05, 0.1) is 6.26 Å². The summed E-state index contributed by atoms with van der Waals surface area (Å²) in [6.45, 7) is 9.40. The van der Waals surface area contributed by atoms with E-state index in [1.807, 2.05) is 13.8 Å². The Labute approximate surface area is 114 Å². The Morgan fingerprint density at radius 1 is 1.44 bits per heavy atom. The zero-order valence-corrected chi connectivity index (χ0v) is 13.3. The fourth-order valence-corrected chi connectivity index (χ4v) is 3.61. The van der Waals surface area contributed by atoms with Crippen LogP contribution in [-0.4, -0.2) is 44.2 Å². The predicted octanol–water partition coefficient (Wildman–Crippen LogP) is 1.03. The zero-order valence-electron chi connectivity index (χ0n) is 11.7. The van der Waals surface area contributed by atoms with Gasteiger partial charge in [-0.25, -0.2) is 13.1 Å². The van der Waals surface area contributed by atoms with Crippen LogP contribution in [0.15, 0.2) is 4.99 Å². The summed E-state index contributed by atoms with van der Waals surface area (Å²) in [5, 5.41) is 4.11. The van der Waals surface area contributed by atoms with E-state index in [0.717, 1.165) is 17.5 Å². The normalized spacial score (nSPS) is 20.4. The van der Waals surface area contributed by atoms with E-state index in [9.17, 15) is 8.42 Å². The van der Waals surface area contributed by atoms with E-state index < -0.39 is 15.6 Å². The highest BCUT2D eigenvalue weighted by Crippen LogP contribution is 2.27. The molecule has 0 fully saturated rings. The molecule has 7 heteroatoms. The number of amidine groups is 1. The lowest BCUT2D eigenvalue weighted by atomic mass is 9.97. The van der Waals surface area contributed by atoms with Crippen LogP contribution < -0.4 is 10.0 Å². The lowest BCUT2D eigenvalue weighted by Crippen LogP contribution is -2.51. The molecule has 0 aromatic rings. The van der Waals surface area contributed by atoms with Crippen molar-refractivity contribution in [1.29, 1.82) is 0 Å². The van der Waals surface area contributed by atoms with Gasteiger partial charge in [0.1, 0.15) is 0 Å². The minimum atomic E-state index is -3.19. The third-order valence-corrected chi connectivity index (χ3v) is 4.79. The van der Waals surface area contributed by atoms with Gasteiger partial charge >= 0.3 is 0 Å². The Morgan fingerprint density at radius 2 is 2.06 bits per heavy atom. The van der Waals surface area contributed by atoms with Crippen molar-refractivity contribution in [3.63, 3.8) is 0 Å². The molecule has 0 saturated heterocycles. The molecule has 0 amide bonds. The third kappa shape index (κ3) is 6.06. The van der Waals surface area contributed by atoms with Crippen molar-refractivity contribution in [3.05, 3.63) is 0 Å². The predicted molar refractivity (Wildman–Crippen MR) is 78.6 cm³/mol. The maximum absolute atomic E-state index is 11.2. The van der Waals surface area contributed by atoms with Crippen LogP contribution in [0.5, 0.6) is 0 Å². The summed E-state index contributed by atoms with van der Waals surface area (Å²) >= 11 is 1.69. The first-order valence-corrected chi connectivity index (χ1v) is 8.77. The van der Waals surface area contributed by atoms with Gasteiger partial charge in [0.2, 0.25) is 10.0 Å². The minimum Gasteiger partial charge on any atom is -0.363 e. The summed E-state index contributed by atoms with van der Waals surface area (Å²) in [4.78, 5) is 4.47. The van der Waals surface area contributed by atoms with Crippen molar-refractivity contribution in [2.24, 2.45) is 10.4 Å². The molecule has 0 spiro atoms. The number of rotatable bonds is 4. The Hall–Kier alpha value is -0.270. The summed E-state index contributed by atoms with van der Waals surface area (Å²) in [5.74, 6) is 1.03. The van der Waals surface area contributed by atoms with Crippen molar-refractivity contribution in [2.45, 2.75) is 33.2 Å². The number of thioether (sulfide) groups is 1. The van der Waals surface area contributed by atoms with Gasteiger partial charge in [0, 0.05) is 24.4 Å². The molecule has 106 valence electrons. The molecule has 0 radical (unpaired) electrons. The van der Waals surface area contributed by atoms with Crippen LogP contribution in [0.1, 0.15) is 27.7 Å². The second kappa shape index (κ2) is 5.38. The Kier molecular flexibility index (Phi) is 4.72. The molecular weight excluding hydrogens is 270 g/mol. The van der Waals surface area contributed by atoms with Crippen molar-refractivity contribution < 1.29 is 8.42 Å². The molecule has 1 heterocycles. The number of hydrogen-bond acceptors (Lipinski definition) is 5. The SMILES string of the molecule is CC1(C)CN=C(NCC(C)(C)NS(C)(=O)=O)SC1. The molecule has 0 bridgehead atoms.